The molecule has 80 valence electrons. The van der Waals surface area contributed by atoms with Crippen molar-refractivity contribution in [3.05, 3.63) is 22.8 Å². The molecule has 0 aromatic heterocycles. The Morgan fingerprint density at radius 2 is 1.43 bits per heavy atom. The summed E-state index contributed by atoms with van der Waals surface area (Å²) < 4.78 is 0. The van der Waals surface area contributed by atoms with Crippen molar-refractivity contribution in [1.82, 2.24) is 0 Å². The minimum atomic E-state index is 0.291. The van der Waals surface area contributed by atoms with Gasteiger partial charge in [0.25, 0.3) is 0 Å². The molecule has 0 heterocycles. The average molecular weight is 192 g/mol. The van der Waals surface area contributed by atoms with Crippen LogP contribution in [0.25, 0.3) is 0 Å². The Labute approximate surface area is 89.1 Å². The van der Waals surface area contributed by atoms with Crippen LogP contribution in [0.3, 0.4) is 0 Å². The van der Waals surface area contributed by atoms with E-state index in [0.717, 1.165) is 6.42 Å². The molecule has 0 spiro atoms. The van der Waals surface area contributed by atoms with Crippen LogP contribution < -0.4 is 0 Å². The normalized spacial score (nSPS) is 18.9. The second-order valence-corrected chi connectivity index (χ2v) is 6.44. The lowest BCUT2D eigenvalue weighted by molar-refractivity contribution is 0.449. The zero-order chi connectivity index (χ0) is 11.1. The second-order valence-electron chi connectivity index (χ2n) is 6.44. The maximum atomic E-state index is 2.38. The van der Waals surface area contributed by atoms with Crippen LogP contribution in [0.15, 0.2) is 22.8 Å². The van der Waals surface area contributed by atoms with Crippen molar-refractivity contribution in [3.63, 3.8) is 0 Å². The van der Waals surface area contributed by atoms with Crippen LogP contribution in [0, 0.1) is 10.8 Å². The molecule has 0 saturated carbocycles. The minimum absolute atomic E-state index is 0.291. The SMILES string of the molecule is CC1=CCC(C(C)(C)C)=C1C(C)(C)C. The number of allylic oxidation sites excluding steroid dienone is 4. The highest BCUT2D eigenvalue weighted by Crippen LogP contribution is 2.45. The maximum Gasteiger partial charge on any atom is -0.0122 e. The molecule has 0 aromatic carbocycles. The zero-order valence-electron chi connectivity index (χ0n) is 10.8. The third kappa shape index (κ3) is 2.10. The summed E-state index contributed by atoms with van der Waals surface area (Å²) >= 11 is 0. The molecular weight excluding hydrogens is 168 g/mol. The van der Waals surface area contributed by atoms with E-state index >= 15 is 0 Å². The molecule has 1 aliphatic rings. The van der Waals surface area contributed by atoms with E-state index in [0.29, 0.717) is 10.8 Å². The Bertz CT molecular complexity index is 287. The van der Waals surface area contributed by atoms with Crippen LogP contribution in [0.2, 0.25) is 0 Å². The minimum Gasteiger partial charge on any atom is -0.0772 e. The monoisotopic (exact) mass is 192 g/mol. The topological polar surface area (TPSA) is 0 Å². The van der Waals surface area contributed by atoms with E-state index in [2.05, 4.69) is 54.5 Å². The molecule has 0 bridgehead atoms. The summed E-state index contributed by atoms with van der Waals surface area (Å²) in [4.78, 5) is 0. The Kier molecular flexibility index (Phi) is 2.69. The fraction of sp³-hybridized carbons (Fsp3) is 0.714. The third-order valence-corrected chi connectivity index (χ3v) is 2.96. The molecular formula is C14H24. The fourth-order valence-electron chi connectivity index (χ4n) is 2.42. The van der Waals surface area contributed by atoms with Crippen molar-refractivity contribution in [1.29, 1.82) is 0 Å². The van der Waals surface area contributed by atoms with Crippen LogP contribution in [-0.2, 0) is 0 Å². The fourth-order valence-corrected chi connectivity index (χ4v) is 2.42. The summed E-state index contributed by atoms with van der Waals surface area (Å²) in [5, 5.41) is 0. The van der Waals surface area contributed by atoms with Crippen molar-refractivity contribution in [2.24, 2.45) is 10.8 Å². The van der Waals surface area contributed by atoms with Gasteiger partial charge in [0.05, 0.1) is 0 Å². The lowest BCUT2D eigenvalue weighted by Gasteiger charge is -2.30. The van der Waals surface area contributed by atoms with Crippen molar-refractivity contribution in [2.75, 3.05) is 0 Å². The molecule has 0 N–H and O–H groups in total. The maximum absolute atomic E-state index is 2.38. The van der Waals surface area contributed by atoms with Gasteiger partial charge in [-0.25, -0.2) is 0 Å². The largest absolute Gasteiger partial charge is 0.0772 e. The molecule has 0 aliphatic heterocycles. The first-order valence-corrected chi connectivity index (χ1v) is 5.55. The van der Waals surface area contributed by atoms with E-state index in [-0.39, 0.29) is 0 Å². The zero-order valence-corrected chi connectivity index (χ0v) is 10.8. The van der Waals surface area contributed by atoms with Crippen molar-refractivity contribution in [3.8, 4) is 0 Å². The summed E-state index contributed by atoms with van der Waals surface area (Å²) in [6.45, 7) is 16.2. The van der Waals surface area contributed by atoms with Crippen molar-refractivity contribution in [2.45, 2.75) is 54.9 Å². The highest BCUT2D eigenvalue weighted by molar-refractivity contribution is 5.46. The smallest absolute Gasteiger partial charge is 0.0122 e. The Morgan fingerprint density at radius 1 is 0.929 bits per heavy atom. The lowest BCUT2D eigenvalue weighted by Crippen LogP contribution is -2.17. The van der Waals surface area contributed by atoms with E-state index < -0.39 is 0 Å². The predicted molar refractivity (Wildman–Crippen MR) is 64.3 cm³/mol. The van der Waals surface area contributed by atoms with Gasteiger partial charge in [0, 0.05) is 0 Å². The molecule has 1 rings (SSSR count). The van der Waals surface area contributed by atoms with E-state index in [1.807, 2.05) is 0 Å². The molecule has 0 heteroatoms. The van der Waals surface area contributed by atoms with Crippen LogP contribution >= 0.6 is 0 Å². The van der Waals surface area contributed by atoms with E-state index in [1.54, 1.807) is 11.1 Å². The van der Waals surface area contributed by atoms with Crippen molar-refractivity contribution >= 4 is 0 Å². The van der Waals surface area contributed by atoms with Gasteiger partial charge in [0.15, 0.2) is 0 Å². The summed E-state index contributed by atoms with van der Waals surface area (Å²) in [6, 6.07) is 0. The number of hydrogen-bond acceptors (Lipinski definition) is 0. The Hall–Kier alpha value is -0.520. The van der Waals surface area contributed by atoms with Gasteiger partial charge in [-0.05, 0) is 29.7 Å². The first-order valence-electron chi connectivity index (χ1n) is 5.55. The van der Waals surface area contributed by atoms with Gasteiger partial charge in [-0.2, -0.15) is 0 Å². The number of hydrogen-bond donors (Lipinski definition) is 0. The van der Waals surface area contributed by atoms with Gasteiger partial charge >= 0.3 is 0 Å². The molecule has 14 heavy (non-hydrogen) atoms. The summed E-state index contributed by atoms with van der Waals surface area (Å²) in [5.41, 5.74) is 5.31. The van der Waals surface area contributed by atoms with Crippen LogP contribution in [0.5, 0.6) is 0 Å². The molecule has 0 amide bonds. The molecule has 0 nitrogen and oxygen atoms in total. The third-order valence-electron chi connectivity index (χ3n) is 2.96. The lowest BCUT2D eigenvalue weighted by atomic mass is 9.75. The second kappa shape index (κ2) is 3.25. The summed E-state index contributed by atoms with van der Waals surface area (Å²) in [7, 11) is 0. The van der Waals surface area contributed by atoms with Gasteiger partial charge in [0.1, 0.15) is 0 Å². The molecule has 0 saturated heterocycles. The Balaban J connectivity index is 3.23. The van der Waals surface area contributed by atoms with E-state index in [9.17, 15) is 0 Å². The first-order chi connectivity index (χ1) is 6.14. The molecule has 0 unspecified atom stereocenters. The van der Waals surface area contributed by atoms with Crippen molar-refractivity contribution < 1.29 is 0 Å². The van der Waals surface area contributed by atoms with Gasteiger partial charge in [-0.1, -0.05) is 58.8 Å². The molecule has 0 atom stereocenters. The summed E-state index contributed by atoms with van der Waals surface area (Å²) in [6.07, 6.45) is 3.53. The highest BCUT2D eigenvalue weighted by Gasteiger charge is 2.30. The van der Waals surface area contributed by atoms with Gasteiger partial charge in [-0.3, -0.25) is 0 Å². The quantitative estimate of drug-likeness (QED) is 0.520. The first kappa shape index (κ1) is 11.6. The molecule has 0 fully saturated rings. The van der Waals surface area contributed by atoms with E-state index in [4.69, 9.17) is 0 Å². The number of rotatable bonds is 0. The molecule has 0 radical (unpaired) electrons. The summed E-state index contributed by atoms with van der Waals surface area (Å²) in [5.74, 6) is 0. The van der Waals surface area contributed by atoms with Crippen LogP contribution in [0.1, 0.15) is 54.9 Å². The van der Waals surface area contributed by atoms with E-state index in [1.165, 1.54) is 5.57 Å². The van der Waals surface area contributed by atoms with Gasteiger partial charge in [0.2, 0.25) is 0 Å². The van der Waals surface area contributed by atoms with Gasteiger partial charge < -0.3 is 0 Å². The predicted octanol–water partition coefficient (Wildman–Crippen LogP) is 4.73. The average Bonchev–Trinajstić information content (AvgIpc) is 2.27. The molecule has 1 aliphatic carbocycles. The highest BCUT2D eigenvalue weighted by atomic mass is 14.4. The standard InChI is InChI=1S/C14H24/c1-10-8-9-11(13(2,3)4)12(10)14(5,6)7/h8H,9H2,1-7H3. The Morgan fingerprint density at radius 3 is 1.71 bits per heavy atom. The van der Waals surface area contributed by atoms with Crippen LogP contribution in [0.4, 0.5) is 0 Å². The molecule has 0 aromatic rings. The van der Waals surface area contributed by atoms with Gasteiger partial charge in [-0.15, -0.1) is 0 Å². The van der Waals surface area contributed by atoms with Crippen LogP contribution in [-0.4, -0.2) is 0 Å².